The molecular formula is C29H35N3O3. The van der Waals surface area contributed by atoms with Crippen molar-refractivity contribution < 1.29 is 14.6 Å². The monoisotopic (exact) mass is 473 g/mol. The van der Waals surface area contributed by atoms with Crippen LogP contribution in [-0.2, 0) is 23.8 Å². The van der Waals surface area contributed by atoms with E-state index >= 15 is 0 Å². The minimum atomic E-state index is -0.0784. The molecule has 184 valence electrons. The normalized spacial score (nSPS) is 21.9. The van der Waals surface area contributed by atoms with E-state index in [0.717, 1.165) is 63.1 Å². The number of aromatic nitrogens is 1. The summed E-state index contributed by atoms with van der Waals surface area (Å²) in [6.45, 7) is 3.37. The van der Waals surface area contributed by atoms with E-state index in [0.29, 0.717) is 5.91 Å². The van der Waals surface area contributed by atoms with Crippen molar-refractivity contribution in [2.24, 2.45) is 13.0 Å². The first-order chi connectivity index (χ1) is 17.0. The van der Waals surface area contributed by atoms with E-state index in [1.54, 1.807) is 7.11 Å². The van der Waals surface area contributed by atoms with Crippen LogP contribution in [0.1, 0.15) is 48.5 Å². The molecule has 3 heterocycles. The number of aliphatic hydroxyl groups excluding tert-OH is 1. The highest BCUT2D eigenvalue weighted by Gasteiger charge is 2.49. The van der Waals surface area contributed by atoms with E-state index in [9.17, 15) is 9.90 Å². The van der Waals surface area contributed by atoms with E-state index in [1.165, 1.54) is 22.2 Å². The highest BCUT2D eigenvalue weighted by atomic mass is 16.5. The van der Waals surface area contributed by atoms with Crippen LogP contribution in [0, 0.1) is 5.92 Å². The quantitative estimate of drug-likeness (QED) is 0.609. The van der Waals surface area contributed by atoms with Crippen molar-refractivity contribution in [2.75, 3.05) is 33.4 Å². The molecule has 0 bridgehead atoms. The fourth-order valence-corrected chi connectivity index (χ4v) is 6.60. The van der Waals surface area contributed by atoms with Crippen molar-refractivity contribution in [1.29, 1.82) is 0 Å². The fourth-order valence-electron chi connectivity index (χ4n) is 6.60. The fraction of sp³-hybridized carbons (Fsp3) is 0.483. The number of likely N-dealkylation sites (tertiary alicyclic amines) is 1. The van der Waals surface area contributed by atoms with Crippen molar-refractivity contribution in [3.05, 3.63) is 65.4 Å². The average molecular weight is 474 g/mol. The number of ether oxygens (including phenoxy) is 1. The third kappa shape index (κ3) is 3.74. The highest BCUT2D eigenvalue weighted by molar-refractivity contribution is 5.89. The first-order valence-electron chi connectivity index (χ1n) is 12.9. The maximum Gasteiger partial charge on any atom is 0.225 e. The summed E-state index contributed by atoms with van der Waals surface area (Å²) in [5.41, 5.74) is 4.93. The van der Waals surface area contributed by atoms with Gasteiger partial charge >= 0.3 is 0 Å². The molecule has 35 heavy (non-hydrogen) atoms. The Morgan fingerprint density at radius 3 is 2.51 bits per heavy atom. The number of benzene rings is 2. The third-order valence-electron chi connectivity index (χ3n) is 8.61. The first-order valence-corrected chi connectivity index (χ1v) is 12.9. The molecule has 6 heteroatoms. The van der Waals surface area contributed by atoms with Gasteiger partial charge in [-0.05, 0) is 48.9 Å². The second-order valence-electron chi connectivity index (χ2n) is 10.7. The maximum atomic E-state index is 12.8. The summed E-state index contributed by atoms with van der Waals surface area (Å²) in [5, 5.41) is 11.9. The molecule has 0 unspecified atom stereocenters. The van der Waals surface area contributed by atoms with E-state index in [4.69, 9.17) is 4.74 Å². The summed E-state index contributed by atoms with van der Waals surface area (Å²) in [6, 6.07) is 16.8. The molecule has 6 rings (SSSR count). The highest BCUT2D eigenvalue weighted by Crippen LogP contribution is 2.50. The van der Waals surface area contributed by atoms with Gasteiger partial charge in [-0.1, -0.05) is 30.3 Å². The SMILES string of the molecule is COc1ccc2c3c(n(C)c2c1)[C@H](CO)N(Cc1ccccc1)CC31CCN(C(=O)C2CC2)CC1. The zero-order chi connectivity index (χ0) is 24.2. The van der Waals surface area contributed by atoms with E-state index < -0.39 is 0 Å². The lowest BCUT2D eigenvalue weighted by atomic mass is 9.68. The maximum absolute atomic E-state index is 12.8. The molecule has 1 saturated carbocycles. The Bertz CT molecular complexity index is 1240. The van der Waals surface area contributed by atoms with Crippen LogP contribution in [0.4, 0.5) is 0 Å². The van der Waals surface area contributed by atoms with Gasteiger partial charge in [-0.25, -0.2) is 0 Å². The van der Waals surface area contributed by atoms with Gasteiger partial charge in [0.05, 0.1) is 25.3 Å². The molecule has 6 nitrogen and oxygen atoms in total. The summed E-state index contributed by atoms with van der Waals surface area (Å²) in [7, 11) is 3.82. The number of rotatable bonds is 5. The van der Waals surface area contributed by atoms with E-state index in [2.05, 4.69) is 57.8 Å². The van der Waals surface area contributed by atoms with Crippen molar-refractivity contribution >= 4 is 16.8 Å². The van der Waals surface area contributed by atoms with Gasteiger partial charge in [0, 0.05) is 61.7 Å². The molecular weight excluding hydrogens is 438 g/mol. The van der Waals surface area contributed by atoms with Crippen molar-refractivity contribution in [1.82, 2.24) is 14.4 Å². The van der Waals surface area contributed by atoms with Crippen LogP contribution in [-0.4, -0.2) is 58.7 Å². The van der Waals surface area contributed by atoms with Crippen molar-refractivity contribution in [3.63, 3.8) is 0 Å². The number of hydrogen-bond donors (Lipinski definition) is 1. The van der Waals surface area contributed by atoms with Gasteiger partial charge < -0.3 is 19.3 Å². The number of nitrogens with zero attached hydrogens (tertiary/aromatic N) is 3. The number of carbonyl (C=O) groups excluding carboxylic acids is 1. The second kappa shape index (κ2) is 8.68. The van der Waals surface area contributed by atoms with E-state index in [-0.39, 0.29) is 24.0 Å². The number of piperidine rings is 1. The van der Waals surface area contributed by atoms with Gasteiger partial charge in [-0.15, -0.1) is 0 Å². The Kier molecular flexibility index (Phi) is 5.61. The van der Waals surface area contributed by atoms with Crippen molar-refractivity contribution in [2.45, 2.75) is 43.7 Å². The number of amides is 1. The van der Waals surface area contributed by atoms with Crippen LogP contribution in [0.15, 0.2) is 48.5 Å². The summed E-state index contributed by atoms with van der Waals surface area (Å²) in [5.74, 6) is 1.47. The smallest absolute Gasteiger partial charge is 0.225 e. The van der Waals surface area contributed by atoms with Crippen LogP contribution >= 0.6 is 0 Å². The van der Waals surface area contributed by atoms with Crippen LogP contribution in [0.25, 0.3) is 10.9 Å². The minimum Gasteiger partial charge on any atom is -0.497 e. The number of fused-ring (bicyclic) bond motifs is 4. The molecule has 1 N–H and O–H groups in total. The summed E-state index contributed by atoms with van der Waals surface area (Å²) in [4.78, 5) is 17.4. The van der Waals surface area contributed by atoms with Gasteiger partial charge in [-0.3, -0.25) is 9.69 Å². The molecule has 2 aromatic carbocycles. The van der Waals surface area contributed by atoms with Gasteiger partial charge in [0.1, 0.15) is 5.75 Å². The topological polar surface area (TPSA) is 57.9 Å². The molecule has 3 aliphatic rings. The molecule has 1 atom stereocenters. The lowest BCUT2D eigenvalue weighted by Gasteiger charge is -2.50. The standard InChI is InChI=1S/C29H35N3O3/c1-30-24-16-22(35-2)10-11-23(24)26-27(30)25(18-33)32(17-20-6-4-3-5-7-20)19-29(26)12-14-31(15-13-29)28(34)21-8-9-21/h3-7,10-11,16,21,25,33H,8-9,12-15,17-19H2,1-2H3/t25-/m0/s1. The first kappa shape index (κ1) is 22.6. The van der Waals surface area contributed by atoms with Gasteiger partial charge in [0.25, 0.3) is 0 Å². The second-order valence-corrected chi connectivity index (χ2v) is 10.7. The predicted octanol–water partition coefficient (Wildman–Crippen LogP) is 4.01. The molecule has 3 aromatic rings. The predicted molar refractivity (Wildman–Crippen MR) is 136 cm³/mol. The van der Waals surface area contributed by atoms with Gasteiger partial charge in [-0.2, -0.15) is 0 Å². The molecule has 1 aromatic heterocycles. The minimum absolute atomic E-state index is 0.0514. The van der Waals surface area contributed by atoms with Crippen LogP contribution in [0.5, 0.6) is 5.75 Å². The Morgan fingerprint density at radius 2 is 1.86 bits per heavy atom. The molecule has 1 aliphatic carbocycles. The summed E-state index contributed by atoms with van der Waals surface area (Å²) in [6.07, 6.45) is 4.01. The molecule has 2 fully saturated rings. The molecule has 1 saturated heterocycles. The van der Waals surface area contributed by atoms with Crippen LogP contribution in [0.2, 0.25) is 0 Å². The zero-order valence-corrected chi connectivity index (χ0v) is 20.7. The number of hydrogen-bond acceptors (Lipinski definition) is 4. The largest absolute Gasteiger partial charge is 0.497 e. The number of carbonyl (C=O) groups is 1. The third-order valence-corrected chi connectivity index (χ3v) is 8.61. The van der Waals surface area contributed by atoms with Crippen LogP contribution in [0.3, 0.4) is 0 Å². The zero-order valence-electron chi connectivity index (χ0n) is 20.7. The van der Waals surface area contributed by atoms with Gasteiger partial charge in [0.15, 0.2) is 0 Å². The van der Waals surface area contributed by atoms with Crippen molar-refractivity contribution in [3.8, 4) is 5.75 Å². The number of methoxy groups -OCH3 is 1. The summed E-state index contributed by atoms with van der Waals surface area (Å²) < 4.78 is 7.82. The lowest BCUT2D eigenvalue weighted by molar-refractivity contribution is -0.134. The molecule has 1 spiro atoms. The average Bonchev–Trinajstić information content (AvgIpc) is 3.70. The number of aryl methyl sites for hydroxylation is 1. The lowest BCUT2D eigenvalue weighted by Crippen LogP contribution is -2.54. The Morgan fingerprint density at radius 1 is 1.11 bits per heavy atom. The van der Waals surface area contributed by atoms with Gasteiger partial charge in [0.2, 0.25) is 5.91 Å². The summed E-state index contributed by atoms with van der Waals surface area (Å²) >= 11 is 0. The molecule has 1 amide bonds. The Hall–Kier alpha value is -2.83. The Balaban J connectivity index is 1.45. The Labute approximate surface area is 207 Å². The molecule has 2 aliphatic heterocycles. The van der Waals surface area contributed by atoms with Crippen LogP contribution < -0.4 is 4.74 Å². The molecule has 0 radical (unpaired) electrons. The van der Waals surface area contributed by atoms with E-state index in [1.807, 2.05) is 12.1 Å². The number of aliphatic hydroxyl groups is 1.